The van der Waals surface area contributed by atoms with E-state index in [0.29, 0.717) is 6.42 Å². The lowest BCUT2D eigenvalue weighted by Gasteiger charge is -2.23. The fraction of sp³-hybridized carbons (Fsp3) is 0.811. The summed E-state index contributed by atoms with van der Waals surface area (Å²) in [5, 5.41) is 13.6. The highest BCUT2D eigenvalue weighted by molar-refractivity contribution is 7.47. The Hall–Kier alpha value is -1.28. The molecule has 0 saturated heterocycles. The van der Waals surface area contributed by atoms with Crippen LogP contribution in [0.4, 0.5) is 0 Å². The molecular weight excluding hydrogens is 599 g/mol. The van der Waals surface area contributed by atoms with E-state index in [4.69, 9.17) is 14.8 Å². The first-order valence-corrected chi connectivity index (χ1v) is 20.1. The van der Waals surface area contributed by atoms with Gasteiger partial charge < -0.3 is 21.1 Å². The molecule has 0 spiro atoms. The first-order valence-electron chi connectivity index (χ1n) is 18.6. The quantitative estimate of drug-likeness (QED) is 0.0305. The monoisotopic (exact) mass is 671 g/mol. The average Bonchev–Trinajstić information content (AvgIpc) is 3.04. The van der Waals surface area contributed by atoms with Crippen molar-refractivity contribution in [3.8, 4) is 0 Å². The third kappa shape index (κ3) is 31.3. The molecule has 0 aromatic rings. The SMILES string of the molecule is CCCCC/C=C\CCCCCCCC(=O)NC(COP(=O)(O)OCCN)C(O)/C=C/CC/C=C/CCCCCCCCCCC. The van der Waals surface area contributed by atoms with Gasteiger partial charge in [-0.15, -0.1) is 0 Å². The summed E-state index contributed by atoms with van der Waals surface area (Å²) in [7, 11) is -4.34. The molecular formula is C37H71N2O6P. The molecule has 8 nitrogen and oxygen atoms in total. The predicted molar refractivity (Wildman–Crippen MR) is 194 cm³/mol. The Morgan fingerprint density at radius 2 is 1.15 bits per heavy atom. The van der Waals surface area contributed by atoms with Gasteiger partial charge >= 0.3 is 7.82 Å². The third-order valence-corrected chi connectivity index (χ3v) is 8.92. The Balaban J connectivity index is 4.41. The number of nitrogens with two attached hydrogens (primary N) is 1. The molecule has 0 aromatic carbocycles. The van der Waals surface area contributed by atoms with Crippen molar-refractivity contribution in [1.29, 1.82) is 0 Å². The molecule has 3 atom stereocenters. The number of phosphoric ester groups is 1. The fourth-order valence-corrected chi connectivity index (χ4v) is 5.84. The van der Waals surface area contributed by atoms with Crippen molar-refractivity contribution in [2.24, 2.45) is 5.73 Å². The molecule has 0 aliphatic carbocycles. The maximum absolute atomic E-state index is 12.7. The number of unbranched alkanes of at least 4 members (excludes halogenated alkanes) is 18. The van der Waals surface area contributed by atoms with Crippen molar-refractivity contribution in [2.45, 2.75) is 174 Å². The Bertz CT molecular complexity index is 820. The summed E-state index contributed by atoms with van der Waals surface area (Å²) in [5.74, 6) is -0.217. The second-order valence-corrected chi connectivity index (χ2v) is 13.9. The van der Waals surface area contributed by atoms with Crippen LogP contribution in [0.3, 0.4) is 0 Å². The number of aliphatic hydroxyl groups excluding tert-OH is 1. The zero-order valence-electron chi connectivity index (χ0n) is 29.6. The van der Waals surface area contributed by atoms with Gasteiger partial charge in [-0.25, -0.2) is 4.57 Å². The topological polar surface area (TPSA) is 131 Å². The number of aliphatic hydroxyl groups is 1. The number of carbonyl (C=O) groups excluding carboxylic acids is 1. The molecule has 3 unspecified atom stereocenters. The molecule has 0 bridgehead atoms. The second-order valence-electron chi connectivity index (χ2n) is 12.4. The number of phosphoric acid groups is 1. The van der Waals surface area contributed by atoms with E-state index in [1.165, 1.54) is 83.5 Å². The lowest BCUT2D eigenvalue weighted by atomic mass is 10.1. The van der Waals surface area contributed by atoms with Gasteiger partial charge in [-0.05, 0) is 57.8 Å². The van der Waals surface area contributed by atoms with Crippen molar-refractivity contribution in [3.63, 3.8) is 0 Å². The first-order chi connectivity index (χ1) is 22.4. The molecule has 46 heavy (non-hydrogen) atoms. The standard InChI is InChI=1S/C37H71N2O6P/c1-3-5-7-9-11-13-15-17-18-19-20-22-24-26-28-30-36(40)35(34-45-46(42,43)44-33-32-38)39-37(41)31-29-27-25-23-21-16-14-12-10-8-6-4-2/h12,14,20,22,28,30,35-36,40H,3-11,13,15-19,21,23-27,29,31-34,38H2,1-2H3,(H,39,41)(H,42,43)/b14-12-,22-20+,30-28+. The van der Waals surface area contributed by atoms with Gasteiger partial charge in [-0.1, -0.05) is 134 Å². The highest BCUT2D eigenvalue weighted by Crippen LogP contribution is 2.43. The van der Waals surface area contributed by atoms with Crippen LogP contribution in [0.25, 0.3) is 0 Å². The van der Waals surface area contributed by atoms with E-state index in [1.807, 2.05) is 6.08 Å². The van der Waals surface area contributed by atoms with Gasteiger partial charge in [-0.3, -0.25) is 13.8 Å². The lowest BCUT2D eigenvalue weighted by Crippen LogP contribution is -2.45. The molecule has 0 radical (unpaired) electrons. The van der Waals surface area contributed by atoms with Gasteiger partial charge in [0.05, 0.1) is 25.4 Å². The van der Waals surface area contributed by atoms with Crippen molar-refractivity contribution < 1.29 is 28.4 Å². The average molecular weight is 671 g/mol. The molecule has 0 fully saturated rings. The molecule has 5 N–H and O–H groups in total. The first kappa shape index (κ1) is 44.7. The van der Waals surface area contributed by atoms with E-state index in [9.17, 15) is 19.4 Å². The van der Waals surface area contributed by atoms with Gasteiger partial charge in [0.15, 0.2) is 0 Å². The predicted octanol–water partition coefficient (Wildman–Crippen LogP) is 9.61. The van der Waals surface area contributed by atoms with Crippen molar-refractivity contribution in [3.05, 3.63) is 36.5 Å². The minimum Gasteiger partial charge on any atom is -0.387 e. The summed E-state index contributed by atoms with van der Waals surface area (Å²) >= 11 is 0. The number of nitrogens with one attached hydrogen (secondary N) is 1. The van der Waals surface area contributed by atoms with Gasteiger partial charge in [0.2, 0.25) is 5.91 Å². The molecule has 0 aromatic heterocycles. The summed E-state index contributed by atoms with van der Waals surface area (Å²) < 4.78 is 22.0. The van der Waals surface area contributed by atoms with E-state index in [-0.39, 0.29) is 25.7 Å². The van der Waals surface area contributed by atoms with E-state index in [2.05, 4.69) is 43.5 Å². The van der Waals surface area contributed by atoms with Gasteiger partial charge in [0.1, 0.15) is 0 Å². The summed E-state index contributed by atoms with van der Waals surface area (Å²) in [6.07, 6.45) is 37.6. The number of hydrogen-bond acceptors (Lipinski definition) is 6. The molecule has 270 valence electrons. The molecule has 0 heterocycles. The summed E-state index contributed by atoms with van der Waals surface area (Å²) in [6, 6.07) is -0.878. The van der Waals surface area contributed by atoms with Crippen molar-refractivity contribution in [2.75, 3.05) is 19.8 Å². The minimum atomic E-state index is -4.34. The lowest BCUT2D eigenvalue weighted by molar-refractivity contribution is -0.123. The number of hydrogen-bond donors (Lipinski definition) is 4. The molecule has 0 saturated carbocycles. The normalized spacial score (nSPS) is 14.8. The van der Waals surface area contributed by atoms with E-state index in [1.54, 1.807) is 6.08 Å². The van der Waals surface area contributed by atoms with Crippen LogP contribution in [0.1, 0.15) is 162 Å². The van der Waals surface area contributed by atoms with Crippen LogP contribution in [-0.4, -0.2) is 47.8 Å². The Labute approximate surface area is 282 Å². The molecule has 0 rings (SSSR count). The van der Waals surface area contributed by atoms with Gasteiger partial charge in [-0.2, -0.15) is 0 Å². The molecule has 0 aliphatic rings. The van der Waals surface area contributed by atoms with Gasteiger partial charge in [0, 0.05) is 13.0 Å². The largest absolute Gasteiger partial charge is 0.472 e. The highest BCUT2D eigenvalue weighted by atomic mass is 31.2. The summed E-state index contributed by atoms with van der Waals surface area (Å²) in [5.41, 5.74) is 5.35. The summed E-state index contributed by atoms with van der Waals surface area (Å²) in [4.78, 5) is 22.5. The Kier molecular flexibility index (Phi) is 32.7. The van der Waals surface area contributed by atoms with Crippen LogP contribution >= 0.6 is 7.82 Å². The van der Waals surface area contributed by atoms with Crippen LogP contribution in [0.2, 0.25) is 0 Å². The number of allylic oxidation sites excluding steroid dienone is 5. The third-order valence-electron chi connectivity index (χ3n) is 7.94. The molecule has 1 amide bonds. The minimum absolute atomic E-state index is 0.0722. The molecule has 0 aliphatic heterocycles. The fourth-order valence-electron chi connectivity index (χ4n) is 5.08. The van der Waals surface area contributed by atoms with Crippen LogP contribution in [0.5, 0.6) is 0 Å². The maximum atomic E-state index is 12.7. The highest BCUT2D eigenvalue weighted by Gasteiger charge is 2.26. The number of rotatable bonds is 34. The Morgan fingerprint density at radius 1 is 0.696 bits per heavy atom. The van der Waals surface area contributed by atoms with E-state index < -0.39 is 20.0 Å². The zero-order chi connectivity index (χ0) is 34.0. The van der Waals surface area contributed by atoms with Crippen LogP contribution in [-0.2, 0) is 18.4 Å². The second kappa shape index (κ2) is 33.6. The van der Waals surface area contributed by atoms with Crippen molar-refractivity contribution >= 4 is 13.7 Å². The maximum Gasteiger partial charge on any atom is 0.472 e. The van der Waals surface area contributed by atoms with Crippen LogP contribution < -0.4 is 11.1 Å². The van der Waals surface area contributed by atoms with Crippen LogP contribution in [0.15, 0.2) is 36.5 Å². The summed E-state index contributed by atoms with van der Waals surface area (Å²) in [6.45, 7) is 4.05. The number of amides is 1. The van der Waals surface area contributed by atoms with E-state index in [0.717, 1.165) is 57.8 Å². The van der Waals surface area contributed by atoms with Crippen molar-refractivity contribution in [1.82, 2.24) is 5.32 Å². The Morgan fingerprint density at radius 3 is 1.72 bits per heavy atom. The number of carbonyl (C=O) groups is 1. The molecule has 9 heteroatoms. The zero-order valence-corrected chi connectivity index (χ0v) is 30.4. The van der Waals surface area contributed by atoms with Crippen LogP contribution in [0, 0.1) is 0 Å². The van der Waals surface area contributed by atoms with E-state index >= 15 is 0 Å². The van der Waals surface area contributed by atoms with Gasteiger partial charge in [0.25, 0.3) is 0 Å². The smallest absolute Gasteiger partial charge is 0.387 e.